The summed E-state index contributed by atoms with van der Waals surface area (Å²) in [6, 6.07) is 13.1. The number of aromatic nitrogens is 4. The lowest BCUT2D eigenvalue weighted by Crippen LogP contribution is -2.26. The quantitative estimate of drug-likeness (QED) is 0.776. The van der Waals surface area contributed by atoms with Crippen LogP contribution in [0.4, 0.5) is 5.95 Å². The minimum atomic E-state index is -0.126. The summed E-state index contributed by atoms with van der Waals surface area (Å²) in [5.41, 5.74) is 4.64. The molecule has 6 nitrogen and oxygen atoms in total. The first-order valence-corrected chi connectivity index (χ1v) is 8.24. The van der Waals surface area contributed by atoms with Gasteiger partial charge in [0.25, 0.3) is 5.56 Å². The van der Waals surface area contributed by atoms with Crippen LogP contribution in [0.3, 0.4) is 0 Å². The predicted molar refractivity (Wildman–Crippen MR) is 98.7 cm³/mol. The first-order valence-electron chi connectivity index (χ1n) is 8.24. The third kappa shape index (κ3) is 3.91. The highest BCUT2D eigenvalue weighted by atomic mass is 16.1. The molecule has 0 spiro atoms. The third-order valence-electron chi connectivity index (χ3n) is 4.18. The van der Waals surface area contributed by atoms with Crippen LogP contribution in [0, 0.1) is 20.8 Å². The lowest BCUT2D eigenvalue weighted by molar-refractivity contribution is 0.599. The van der Waals surface area contributed by atoms with Crippen LogP contribution < -0.4 is 10.9 Å². The molecule has 2 aromatic heterocycles. The molecular formula is C19H21N5O. The van der Waals surface area contributed by atoms with Crippen LogP contribution in [0.1, 0.15) is 17.0 Å². The Labute approximate surface area is 146 Å². The van der Waals surface area contributed by atoms with Gasteiger partial charge in [0, 0.05) is 29.6 Å². The molecular weight excluding hydrogens is 314 g/mol. The Morgan fingerprint density at radius 2 is 1.64 bits per heavy atom. The highest BCUT2D eigenvalue weighted by Crippen LogP contribution is 2.14. The van der Waals surface area contributed by atoms with Crippen LogP contribution in [0.15, 0.2) is 47.3 Å². The van der Waals surface area contributed by atoms with Crippen LogP contribution in [-0.4, -0.2) is 26.3 Å². The van der Waals surface area contributed by atoms with Crippen LogP contribution >= 0.6 is 0 Å². The Balaban J connectivity index is 1.72. The number of rotatable bonds is 5. The maximum absolute atomic E-state index is 12.0. The summed E-state index contributed by atoms with van der Waals surface area (Å²) in [7, 11) is 0. The highest BCUT2D eigenvalue weighted by molar-refractivity contribution is 5.57. The number of aryl methyl sites for hydroxylation is 2. The summed E-state index contributed by atoms with van der Waals surface area (Å²) in [6.07, 6.45) is 0. The zero-order chi connectivity index (χ0) is 17.8. The second kappa shape index (κ2) is 7.25. The molecule has 25 heavy (non-hydrogen) atoms. The maximum atomic E-state index is 12.0. The lowest BCUT2D eigenvalue weighted by Gasteiger charge is -2.10. The molecule has 0 aliphatic carbocycles. The van der Waals surface area contributed by atoms with Crippen molar-refractivity contribution in [3.05, 3.63) is 69.8 Å². The van der Waals surface area contributed by atoms with Crippen LogP contribution in [0.2, 0.25) is 0 Å². The van der Waals surface area contributed by atoms with E-state index >= 15 is 0 Å². The van der Waals surface area contributed by atoms with Crippen molar-refractivity contribution in [2.75, 3.05) is 11.9 Å². The standard InChI is InChI=1S/C19H21N5O/c1-13-14(2)21-19(22-15(13)3)20-11-12-24-18(25)10-9-17(23-24)16-7-5-4-6-8-16/h4-10H,11-12H2,1-3H3,(H,20,21,22). The number of nitrogens with zero attached hydrogens (tertiary/aromatic N) is 4. The second-order valence-corrected chi connectivity index (χ2v) is 5.92. The number of hydrogen-bond donors (Lipinski definition) is 1. The van der Waals surface area contributed by atoms with Crippen molar-refractivity contribution >= 4 is 5.95 Å². The number of anilines is 1. The zero-order valence-corrected chi connectivity index (χ0v) is 14.7. The molecule has 0 saturated carbocycles. The van der Waals surface area contributed by atoms with Gasteiger partial charge in [-0.2, -0.15) is 5.10 Å². The highest BCUT2D eigenvalue weighted by Gasteiger charge is 2.06. The van der Waals surface area contributed by atoms with E-state index in [2.05, 4.69) is 20.4 Å². The van der Waals surface area contributed by atoms with Gasteiger partial charge in [-0.3, -0.25) is 4.79 Å². The van der Waals surface area contributed by atoms with E-state index in [9.17, 15) is 4.79 Å². The monoisotopic (exact) mass is 335 g/mol. The van der Waals surface area contributed by atoms with E-state index in [0.717, 1.165) is 28.2 Å². The topological polar surface area (TPSA) is 72.7 Å². The molecule has 128 valence electrons. The van der Waals surface area contributed by atoms with E-state index in [0.29, 0.717) is 19.0 Å². The third-order valence-corrected chi connectivity index (χ3v) is 4.18. The molecule has 0 fully saturated rings. The first kappa shape index (κ1) is 16.8. The van der Waals surface area contributed by atoms with Crippen LogP contribution in [0.25, 0.3) is 11.3 Å². The molecule has 2 heterocycles. The van der Waals surface area contributed by atoms with Gasteiger partial charge in [-0.05, 0) is 32.4 Å². The van der Waals surface area contributed by atoms with E-state index < -0.39 is 0 Å². The Kier molecular flexibility index (Phi) is 4.88. The zero-order valence-electron chi connectivity index (χ0n) is 14.7. The van der Waals surface area contributed by atoms with E-state index in [1.165, 1.54) is 4.68 Å². The number of hydrogen-bond acceptors (Lipinski definition) is 5. The molecule has 0 aliphatic rings. The van der Waals surface area contributed by atoms with Gasteiger partial charge in [-0.15, -0.1) is 0 Å². The van der Waals surface area contributed by atoms with Crippen molar-refractivity contribution in [3.63, 3.8) is 0 Å². The van der Waals surface area contributed by atoms with Gasteiger partial charge in [0.05, 0.1) is 12.2 Å². The van der Waals surface area contributed by atoms with Crippen molar-refractivity contribution in [1.29, 1.82) is 0 Å². The van der Waals surface area contributed by atoms with Gasteiger partial charge in [-0.25, -0.2) is 14.6 Å². The molecule has 0 unspecified atom stereocenters. The largest absolute Gasteiger partial charge is 0.352 e. The van der Waals surface area contributed by atoms with Gasteiger partial charge in [0.2, 0.25) is 5.95 Å². The van der Waals surface area contributed by atoms with Gasteiger partial charge in [0.15, 0.2) is 0 Å². The average Bonchev–Trinajstić information content (AvgIpc) is 2.62. The number of nitrogens with one attached hydrogen (secondary N) is 1. The second-order valence-electron chi connectivity index (χ2n) is 5.92. The molecule has 0 aliphatic heterocycles. The summed E-state index contributed by atoms with van der Waals surface area (Å²) in [5.74, 6) is 0.577. The fourth-order valence-electron chi connectivity index (χ4n) is 2.50. The SMILES string of the molecule is Cc1nc(NCCn2nc(-c3ccccc3)ccc2=O)nc(C)c1C. The lowest BCUT2D eigenvalue weighted by atomic mass is 10.1. The maximum Gasteiger partial charge on any atom is 0.266 e. The summed E-state index contributed by atoms with van der Waals surface area (Å²) in [6.45, 7) is 6.89. The van der Waals surface area contributed by atoms with Crippen molar-refractivity contribution < 1.29 is 0 Å². The molecule has 0 saturated heterocycles. The first-order chi connectivity index (χ1) is 12.0. The molecule has 3 rings (SSSR count). The molecule has 1 N–H and O–H groups in total. The van der Waals surface area contributed by atoms with Gasteiger partial charge >= 0.3 is 0 Å². The van der Waals surface area contributed by atoms with E-state index in [1.807, 2.05) is 51.1 Å². The Hall–Kier alpha value is -3.02. The summed E-state index contributed by atoms with van der Waals surface area (Å²) >= 11 is 0. The molecule has 0 radical (unpaired) electrons. The Bertz CT molecular complexity index is 911. The smallest absolute Gasteiger partial charge is 0.266 e. The van der Waals surface area contributed by atoms with Gasteiger partial charge < -0.3 is 5.32 Å². The fourth-order valence-corrected chi connectivity index (χ4v) is 2.50. The van der Waals surface area contributed by atoms with Crippen molar-refractivity contribution in [2.24, 2.45) is 0 Å². The van der Waals surface area contributed by atoms with Crippen molar-refractivity contribution in [3.8, 4) is 11.3 Å². The van der Waals surface area contributed by atoms with Crippen LogP contribution in [0.5, 0.6) is 0 Å². The summed E-state index contributed by atoms with van der Waals surface area (Å²) in [4.78, 5) is 20.9. The average molecular weight is 335 g/mol. The van der Waals surface area contributed by atoms with E-state index in [-0.39, 0.29) is 5.56 Å². The fraction of sp³-hybridized carbons (Fsp3) is 0.263. The molecule has 1 aromatic carbocycles. The van der Waals surface area contributed by atoms with Gasteiger partial charge in [-0.1, -0.05) is 30.3 Å². The molecule has 0 atom stereocenters. The minimum Gasteiger partial charge on any atom is -0.352 e. The van der Waals surface area contributed by atoms with E-state index in [4.69, 9.17) is 0 Å². The van der Waals surface area contributed by atoms with Crippen LogP contribution in [-0.2, 0) is 6.54 Å². The Morgan fingerprint density at radius 1 is 0.960 bits per heavy atom. The minimum absolute atomic E-state index is 0.126. The molecule has 3 aromatic rings. The predicted octanol–water partition coefficient (Wildman–Crippen LogP) is 2.74. The molecule has 0 amide bonds. The molecule has 0 bridgehead atoms. The number of benzene rings is 1. The molecule has 6 heteroatoms. The summed E-state index contributed by atoms with van der Waals surface area (Å²) in [5, 5.41) is 7.61. The van der Waals surface area contributed by atoms with Crippen molar-refractivity contribution in [2.45, 2.75) is 27.3 Å². The van der Waals surface area contributed by atoms with Crippen molar-refractivity contribution in [1.82, 2.24) is 19.7 Å². The summed E-state index contributed by atoms with van der Waals surface area (Å²) < 4.78 is 1.46. The van der Waals surface area contributed by atoms with Gasteiger partial charge in [0.1, 0.15) is 0 Å². The van der Waals surface area contributed by atoms with E-state index in [1.54, 1.807) is 12.1 Å². The normalized spacial score (nSPS) is 10.7. The Morgan fingerprint density at radius 3 is 2.32 bits per heavy atom.